The van der Waals surface area contributed by atoms with E-state index in [0.717, 1.165) is 20.9 Å². The molecule has 9 heteroatoms. The Labute approximate surface area is 186 Å². The van der Waals surface area contributed by atoms with E-state index < -0.39 is 0 Å². The normalized spacial score (nSPS) is 11.3. The van der Waals surface area contributed by atoms with Crippen molar-refractivity contribution in [2.24, 2.45) is 5.10 Å². The molecule has 0 aliphatic rings. The Balaban J connectivity index is 1.16. The fraction of sp³-hybridized carbons (Fsp3) is 0.0435. The summed E-state index contributed by atoms with van der Waals surface area (Å²) in [5.41, 5.74) is 5.32. The molecule has 5 rings (SSSR count). The maximum Gasteiger partial charge on any atom is 0.254 e. The van der Waals surface area contributed by atoms with Crippen LogP contribution in [0.15, 0.2) is 82.3 Å². The number of thiazole rings is 1. The van der Waals surface area contributed by atoms with Gasteiger partial charge in [0.2, 0.25) is 11.0 Å². The average molecular weight is 445 g/mol. The van der Waals surface area contributed by atoms with Gasteiger partial charge >= 0.3 is 0 Å². The van der Waals surface area contributed by atoms with E-state index in [9.17, 15) is 4.39 Å². The fourth-order valence-electron chi connectivity index (χ4n) is 2.93. The zero-order valence-corrected chi connectivity index (χ0v) is 17.4. The van der Waals surface area contributed by atoms with Crippen molar-refractivity contribution in [2.45, 2.75) is 6.61 Å². The Morgan fingerprint density at radius 2 is 1.91 bits per heavy atom. The number of hydrazone groups is 1. The quantitative estimate of drug-likeness (QED) is 0.263. The number of aromatic nitrogens is 3. The van der Waals surface area contributed by atoms with Gasteiger partial charge < -0.3 is 9.15 Å². The van der Waals surface area contributed by atoms with Gasteiger partial charge in [-0.25, -0.2) is 9.37 Å². The van der Waals surface area contributed by atoms with E-state index in [1.165, 1.54) is 12.1 Å². The molecule has 0 radical (unpaired) electrons. The summed E-state index contributed by atoms with van der Waals surface area (Å²) in [7, 11) is 0. The van der Waals surface area contributed by atoms with Crippen LogP contribution in [0.1, 0.15) is 11.5 Å². The van der Waals surface area contributed by atoms with Gasteiger partial charge in [0.25, 0.3) is 5.89 Å². The highest BCUT2D eigenvalue weighted by Gasteiger charge is 2.10. The number of fused-ring (bicyclic) bond motifs is 1. The van der Waals surface area contributed by atoms with Crippen LogP contribution in [0.4, 0.5) is 9.52 Å². The molecule has 1 N–H and O–H groups in total. The van der Waals surface area contributed by atoms with Crippen LogP contribution in [0.2, 0.25) is 0 Å². The Morgan fingerprint density at radius 3 is 2.75 bits per heavy atom. The van der Waals surface area contributed by atoms with Crippen LogP contribution >= 0.6 is 11.3 Å². The molecule has 0 unspecified atom stereocenters. The fourth-order valence-corrected chi connectivity index (χ4v) is 3.74. The van der Waals surface area contributed by atoms with Gasteiger partial charge in [-0.1, -0.05) is 29.5 Å². The first-order chi connectivity index (χ1) is 15.7. The van der Waals surface area contributed by atoms with Crippen LogP contribution in [0, 0.1) is 5.82 Å². The predicted octanol–water partition coefficient (Wildman–Crippen LogP) is 5.51. The van der Waals surface area contributed by atoms with Gasteiger partial charge in [-0.2, -0.15) is 5.10 Å². The Morgan fingerprint density at radius 1 is 1.03 bits per heavy atom. The molecular weight excluding hydrogens is 429 g/mol. The molecule has 0 aliphatic heterocycles. The number of nitrogens with zero attached hydrogens (tertiary/aromatic N) is 4. The maximum absolute atomic E-state index is 13.3. The van der Waals surface area contributed by atoms with E-state index in [4.69, 9.17) is 9.15 Å². The minimum absolute atomic E-state index is 0.106. The molecule has 7 nitrogen and oxygen atoms in total. The van der Waals surface area contributed by atoms with Crippen LogP contribution in [-0.4, -0.2) is 21.4 Å². The van der Waals surface area contributed by atoms with E-state index in [0.29, 0.717) is 17.2 Å². The minimum Gasteiger partial charge on any atom is -0.484 e. The molecule has 0 aliphatic carbocycles. The highest BCUT2D eigenvalue weighted by atomic mass is 32.1. The van der Waals surface area contributed by atoms with Gasteiger partial charge in [-0.05, 0) is 60.2 Å². The summed E-state index contributed by atoms with van der Waals surface area (Å²) < 4.78 is 25.7. The van der Waals surface area contributed by atoms with Gasteiger partial charge in [-0.3, -0.25) is 5.43 Å². The third-order valence-electron chi connectivity index (χ3n) is 4.45. The first-order valence-electron chi connectivity index (χ1n) is 9.69. The Kier molecular flexibility index (Phi) is 5.54. The van der Waals surface area contributed by atoms with Crippen molar-refractivity contribution in [1.29, 1.82) is 0 Å². The maximum atomic E-state index is 13.3. The molecule has 158 valence electrons. The number of anilines is 1. The molecule has 0 atom stereocenters. The SMILES string of the molecule is Fc1cccc(-c2nnc(COc3ccc(/C=N/Nc4nc5ccccc5s4)cc3)o2)c1. The second kappa shape index (κ2) is 8.94. The third kappa shape index (κ3) is 4.62. The number of ether oxygens (including phenoxy) is 1. The lowest BCUT2D eigenvalue weighted by Crippen LogP contribution is -1.96. The van der Waals surface area contributed by atoms with Gasteiger partial charge in [0.1, 0.15) is 11.6 Å². The van der Waals surface area contributed by atoms with E-state index in [1.54, 1.807) is 29.7 Å². The largest absolute Gasteiger partial charge is 0.484 e. The van der Waals surface area contributed by atoms with Crippen LogP contribution in [0.3, 0.4) is 0 Å². The summed E-state index contributed by atoms with van der Waals surface area (Å²) in [6.07, 6.45) is 1.71. The van der Waals surface area contributed by atoms with Gasteiger partial charge in [0.15, 0.2) is 6.61 Å². The van der Waals surface area contributed by atoms with E-state index in [-0.39, 0.29) is 18.3 Å². The smallest absolute Gasteiger partial charge is 0.254 e. The zero-order chi connectivity index (χ0) is 21.8. The first kappa shape index (κ1) is 19.8. The van der Waals surface area contributed by atoms with Gasteiger partial charge in [0, 0.05) is 5.56 Å². The van der Waals surface area contributed by atoms with Crippen molar-refractivity contribution in [3.8, 4) is 17.2 Å². The summed E-state index contributed by atoms with van der Waals surface area (Å²) in [6, 6.07) is 21.3. The van der Waals surface area contributed by atoms with E-state index in [2.05, 4.69) is 25.7 Å². The Hall–Kier alpha value is -4.11. The van der Waals surface area contributed by atoms with Crippen molar-refractivity contribution in [3.63, 3.8) is 0 Å². The molecule has 0 saturated heterocycles. The molecule has 32 heavy (non-hydrogen) atoms. The Bertz CT molecular complexity index is 1350. The summed E-state index contributed by atoms with van der Waals surface area (Å²) in [4.78, 5) is 4.47. The van der Waals surface area contributed by atoms with Crippen LogP contribution in [0.5, 0.6) is 5.75 Å². The molecular formula is C23H16FN5O2S. The summed E-state index contributed by atoms with van der Waals surface area (Å²) >= 11 is 1.55. The molecule has 2 aromatic heterocycles. The number of rotatable bonds is 7. The molecule has 0 amide bonds. The molecule has 0 bridgehead atoms. The standard InChI is InChI=1S/C23H16FN5O2S/c24-17-5-3-4-16(12-17)22-28-27-21(31-22)14-30-18-10-8-15(9-11-18)13-25-29-23-26-19-6-1-2-7-20(19)32-23/h1-13H,14H2,(H,26,29)/b25-13+. The lowest BCUT2D eigenvalue weighted by atomic mass is 10.2. The minimum atomic E-state index is -0.364. The highest BCUT2D eigenvalue weighted by Crippen LogP contribution is 2.25. The van der Waals surface area contributed by atoms with Crippen LogP contribution in [-0.2, 0) is 6.61 Å². The van der Waals surface area contributed by atoms with E-state index >= 15 is 0 Å². The number of hydrogen-bond donors (Lipinski definition) is 1. The summed E-state index contributed by atoms with van der Waals surface area (Å²) in [5.74, 6) is 0.828. The molecule has 0 saturated carbocycles. The first-order valence-corrected chi connectivity index (χ1v) is 10.5. The number of hydrogen-bond acceptors (Lipinski definition) is 8. The highest BCUT2D eigenvalue weighted by molar-refractivity contribution is 7.22. The van der Waals surface area contributed by atoms with Crippen molar-refractivity contribution in [1.82, 2.24) is 15.2 Å². The number of nitrogens with one attached hydrogen (secondary N) is 1. The van der Waals surface area contributed by atoms with E-state index in [1.807, 2.05) is 48.5 Å². The van der Waals surface area contributed by atoms with Crippen molar-refractivity contribution in [2.75, 3.05) is 5.43 Å². The molecule has 0 fully saturated rings. The van der Waals surface area contributed by atoms with Crippen molar-refractivity contribution >= 4 is 32.9 Å². The zero-order valence-electron chi connectivity index (χ0n) is 16.6. The predicted molar refractivity (Wildman–Crippen MR) is 121 cm³/mol. The van der Waals surface area contributed by atoms with Crippen molar-refractivity contribution in [3.05, 3.63) is 90.1 Å². The number of para-hydroxylation sites is 1. The van der Waals surface area contributed by atoms with Gasteiger partial charge in [0.05, 0.1) is 16.4 Å². The van der Waals surface area contributed by atoms with Crippen LogP contribution < -0.4 is 10.2 Å². The van der Waals surface area contributed by atoms with Crippen molar-refractivity contribution < 1.29 is 13.5 Å². The monoisotopic (exact) mass is 445 g/mol. The molecule has 2 heterocycles. The second-order valence-electron chi connectivity index (χ2n) is 6.73. The number of halogens is 1. The topological polar surface area (TPSA) is 85.4 Å². The third-order valence-corrected chi connectivity index (χ3v) is 5.39. The molecule has 5 aromatic rings. The van der Waals surface area contributed by atoms with Crippen LogP contribution in [0.25, 0.3) is 21.7 Å². The average Bonchev–Trinajstić information content (AvgIpc) is 3.45. The van der Waals surface area contributed by atoms with Gasteiger partial charge in [-0.15, -0.1) is 10.2 Å². The molecule has 3 aromatic carbocycles. The summed E-state index contributed by atoms with van der Waals surface area (Å²) in [5, 5.41) is 12.9. The summed E-state index contributed by atoms with van der Waals surface area (Å²) in [6.45, 7) is 0.106. The second-order valence-corrected chi connectivity index (χ2v) is 7.76. The number of benzene rings is 3. The molecule has 0 spiro atoms. The lowest BCUT2D eigenvalue weighted by Gasteiger charge is -2.03. The lowest BCUT2D eigenvalue weighted by molar-refractivity contribution is 0.264.